The molecular weight excluding hydrogens is 186 g/mol. The molecule has 0 saturated carbocycles. The number of halogens is 1. The summed E-state index contributed by atoms with van der Waals surface area (Å²) in [5.74, 6) is -0.171. The number of fused-ring (bicyclic) bond motifs is 1. The molecule has 3 heteroatoms. The summed E-state index contributed by atoms with van der Waals surface area (Å²) in [7, 11) is 0. The van der Waals surface area contributed by atoms with Crippen molar-refractivity contribution >= 4 is 29.3 Å². The van der Waals surface area contributed by atoms with Crippen molar-refractivity contribution in [3.63, 3.8) is 0 Å². The van der Waals surface area contributed by atoms with Crippen molar-refractivity contribution in [1.82, 2.24) is 5.32 Å². The fraction of sp³-hybridized carbons (Fsp3) is 0.100. The predicted octanol–water partition coefficient (Wildman–Crippen LogP) is 2.52. The average molecular weight is 193 g/mol. The molecule has 0 bridgehead atoms. The van der Waals surface area contributed by atoms with E-state index in [1.165, 1.54) is 0 Å². The number of nitrogens with zero attached hydrogens (tertiary/aromatic N) is 1. The number of carbonyl (C=O) groups is 1. The molecule has 1 aliphatic rings. The SMILES string of the molecule is CC1=Cc2cc(Cl)ccc2[N]C1=O. The Hall–Kier alpha value is -1.28. The van der Waals surface area contributed by atoms with Crippen LogP contribution in [0.3, 0.4) is 0 Å². The van der Waals surface area contributed by atoms with Crippen molar-refractivity contribution in [2.75, 3.05) is 0 Å². The molecular formula is C10H7ClNO. The van der Waals surface area contributed by atoms with Gasteiger partial charge >= 0.3 is 0 Å². The fourth-order valence-corrected chi connectivity index (χ4v) is 1.42. The Morgan fingerprint density at radius 1 is 1.38 bits per heavy atom. The van der Waals surface area contributed by atoms with Crippen molar-refractivity contribution in [3.05, 3.63) is 34.4 Å². The van der Waals surface area contributed by atoms with Crippen LogP contribution in [0.1, 0.15) is 12.5 Å². The second-order valence-electron chi connectivity index (χ2n) is 2.95. The third kappa shape index (κ3) is 1.45. The van der Waals surface area contributed by atoms with E-state index in [1.54, 1.807) is 31.2 Å². The minimum absolute atomic E-state index is 0.171. The van der Waals surface area contributed by atoms with Crippen LogP contribution >= 0.6 is 11.6 Å². The lowest BCUT2D eigenvalue weighted by Crippen LogP contribution is -2.15. The van der Waals surface area contributed by atoms with Gasteiger partial charge in [-0.2, -0.15) is 0 Å². The molecule has 0 spiro atoms. The molecule has 13 heavy (non-hydrogen) atoms. The Kier molecular flexibility index (Phi) is 1.85. The van der Waals surface area contributed by atoms with E-state index in [1.807, 2.05) is 0 Å². The number of hydrogen-bond acceptors (Lipinski definition) is 1. The highest BCUT2D eigenvalue weighted by Crippen LogP contribution is 2.26. The third-order valence-electron chi connectivity index (χ3n) is 1.92. The van der Waals surface area contributed by atoms with Gasteiger partial charge in [-0.1, -0.05) is 11.6 Å². The van der Waals surface area contributed by atoms with Crippen molar-refractivity contribution in [2.24, 2.45) is 0 Å². The normalized spacial score (nSPS) is 14.6. The van der Waals surface area contributed by atoms with Crippen LogP contribution in [-0.4, -0.2) is 5.91 Å². The molecule has 65 valence electrons. The molecule has 0 unspecified atom stereocenters. The van der Waals surface area contributed by atoms with Gasteiger partial charge in [-0.25, -0.2) is 5.32 Å². The van der Waals surface area contributed by atoms with Gasteiger partial charge in [-0.05, 0) is 31.2 Å². The summed E-state index contributed by atoms with van der Waals surface area (Å²) in [5, 5.41) is 4.56. The Labute approximate surface area is 81.2 Å². The Morgan fingerprint density at radius 2 is 2.15 bits per heavy atom. The van der Waals surface area contributed by atoms with Crippen LogP contribution in [0.4, 0.5) is 5.69 Å². The molecule has 1 heterocycles. The van der Waals surface area contributed by atoms with Crippen molar-refractivity contribution in [3.8, 4) is 0 Å². The molecule has 1 aromatic carbocycles. The van der Waals surface area contributed by atoms with E-state index < -0.39 is 0 Å². The van der Waals surface area contributed by atoms with Crippen LogP contribution in [-0.2, 0) is 4.79 Å². The summed E-state index contributed by atoms with van der Waals surface area (Å²) in [4.78, 5) is 11.2. The summed E-state index contributed by atoms with van der Waals surface area (Å²) in [6.45, 7) is 1.75. The molecule has 0 aromatic heterocycles. The number of rotatable bonds is 0. The van der Waals surface area contributed by atoms with Gasteiger partial charge in [0, 0.05) is 16.2 Å². The maximum absolute atomic E-state index is 11.2. The van der Waals surface area contributed by atoms with Crippen LogP contribution in [0, 0.1) is 0 Å². The van der Waals surface area contributed by atoms with Crippen molar-refractivity contribution < 1.29 is 4.79 Å². The molecule has 0 fully saturated rings. The number of hydrogen-bond donors (Lipinski definition) is 0. The zero-order valence-electron chi connectivity index (χ0n) is 7.04. The number of carbonyl (C=O) groups excluding carboxylic acids is 1. The monoisotopic (exact) mass is 192 g/mol. The maximum atomic E-state index is 11.2. The van der Waals surface area contributed by atoms with E-state index in [9.17, 15) is 4.79 Å². The van der Waals surface area contributed by atoms with Gasteiger partial charge in [0.05, 0.1) is 5.69 Å². The predicted molar refractivity (Wildman–Crippen MR) is 51.9 cm³/mol. The van der Waals surface area contributed by atoms with Gasteiger partial charge in [-0.3, -0.25) is 4.79 Å². The van der Waals surface area contributed by atoms with E-state index in [4.69, 9.17) is 11.6 Å². The van der Waals surface area contributed by atoms with E-state index in [2.05, 4.69) is 5.32 Å². The number of amides is 1. The first-order valence-electron chi connectivity index (χ1n) is 3.91. The lowest BCUT2D eigenvalue weighted by Gasteiger charge is -2.12. The van der Waals surface area contributed by atoms with Gasteiger partial charge in [0.25, 0.3) is 5.91 Å². The molecule has 1 aromatic rings. The fourth-order valence-electron chi connectivity index (χ4n) is 1.24. The number of benzene rings is 1. The van der Waals surface area contributed by atoms with Crippen LogP contribution < -0.4 is 5.32 Å². The van der Waals surface area contributed by atoms with Crippen LogP contribution in [0.5, 0.6) is 0 Å². The first-order chi connectivity index (χ1) is 6.16. The van der Waals surface area contributed by atoms with Gasteiger partial charge in [0.2, 0.25) is 0 Å². The molecule has 2 rings (SSSR count). The first kappa shape index (κ1) is 8.32. The lowest BCUT2D eigenvalue weighted by atomic mass is 10.1. The molecule has 1 aliphatic heterocycles. The van der Waals surface area contributed by atoms with Gasteiger partial charge in [0.1, 0.15) is 0 Å². The smallest absolute Gasteiger partial charge is 0.267 e. The minimum Gasteiger partial charge on any atom is -0.267 e. The van der Waals surface area contributed by atoms with Gasteiger partial charge in [-0.15, -0.1) is 0 Å². The Bertz CT molecular complexity index is 409. The average Bonchev–Trinajstić information content (AvgIpc) is 2.08. The second kappa shape index (κ2) is 2.89. The quantitative estimate of drug-likeness (QED) is 0.622. The molecule has 0 N–H and O–H groups in total. The zero-order chi connectivity index (χ0) is 9.42. The highest BCUT2D eigenvalue weighted by molar-refractivity contribution is 6.30. The van der Waals surface area contributed by atoms with E-state index in [-0.39, 0.29) is 5.91 Å². The molecule has 0 atom stereocenters. The topological polar surface area (TPSA) is 31.2 Å². The van der Waals surface area contributed by atoms with Crippen LogP contribution in [0.2, 0.25) is 5.02 Å². The lowest BCUT2D eigenvalue weighted by molar-refractivity contribution is -0.116. The Balaban J connectivity index is 2.57. The van der Waals surface area contributed by atoms with Crippen molar-refractivity contribution in [2.45, 2.75) is 6.92 Å². The minimum atomic E-state index is -0.171. The summed E-state index contributed by atoms with van der Waals surface area (Å²) in [5.41, 5.74) is 2.25. The Morgan fingerprint density at radius 3 is 2.92 bits per heavy atom. The highest BCUT2D eigenvalue weighted by atomic mass is 35.5. The van der Waals surface area contributed by atoms with E-state index in [0.717, 1.165) is 5.56 Å². The van der Waals surface area contributed by atoms with Gasteiger partial charge in [0.15, 0.2) is 0 Å². The summed E-state index contributed by atoms with van der Waals surface area (Å²) in [6, 6.07) is 5.28. The van der Waals surface area contributed by atoms with Crippen LogP contribution in [0.15, 0.2) is 23.8 Å². The highest BCUT2D eigenvalue weighted by Gasteiger charge is 2.15. The zero-order valence-corrected chi connectivity index (χ0v) is 7.80. The van der Waals surface area contributed by atoms with Crippen LogP contribution in [0.25, 0.3) is 6.08 Å². The molecule has 1 amide bonds. The summed E-state index contributed by atoms with van der Waals surface area (Å²) in [6.07, 6.45) is 1.80. The third-order valence-corrected chi connectivity index (χ3v) is 2.16. The summed E-state index contributed by atoms with van der Waals surface area (Å²) < 4.78 is 0. The van der Waals surface area contributed by atoms with E-state index >= 15 is 0 Å². The largest absolute Gasteiger partial charge is 0.273 e. The standard InChI is InChI=1S/C10H7ClNO/c1-6-4-7-5-8(11)2-3-9(7)12-10(6)13/h2-5H,1H3. The summed E-state index contributed by atoms with van der Waals surface area (Å²) >= 11 is 5.80. The first-order valence-corrected chi connectivity index (χ1v) is 4.28. The van der Waals surface area contributed by atoms with Crippen molar-refractivity contribution in [1.29, 1.82) is 0 Å². The second-order valence-corrected chi connectivity index (χ2v) is 3.38. The molecule has 0 saturated heterocycles. The molecule has 2 nitrogen and oxygen atoms in total. The molecule has 0 aliphatic carbocycles. The molecule has 1 radical (unpaired) electrons. The van der Waals surface area contributed by atoms with E-state index in [0.29, 0.717) is 16.3 Å². The van der Waals surface area contributed by atoms with Gasteiger partial charge < -0.3 is 0 Å². The maximum Gasteiger partial charge on any atom is 0.273 e.